The van der Waals surface area contributed by atoms with E-state index in [-0.39, 0.29) is 12.5 Å². The lowest BCUT2D eigenvalue weighted by Gasteiger charge is -2.24. The van der Waals surface area contributed by atoms with Crippen LogP contribution in [0.3, 0.4) is 0 Å². The van der Waals surface area contributed by atoms with Crippen LogP contribution in [-0.4, -0.2) is 60.6 Å². The molecule has 2 amide bonds. The van der Waals surface area contributed by atoms with Gasteiger partial charge in [0.25, 0.3) is 0 Å². The zero-order valence-electron chi connectivity index (χ0n) is 9.57. The highest BCUT2D eigenvalue weighted by Gasteiger charge is 2.27. The Hall–Kier alpha value is -1.47. The van der Waals surface area contributed by atoms with Crippen molar-refractivity contribution in [1.29, 1.82) is 0 Å². The number of hydrogen-bond donors (Lipinski definition) is 3. The van der Waals surface area contributed by atoms with Gasteiger partial charge < -0.3 is 10.0 Å². The van der Waals surface area contributed by atoms with Gasteiger partial charge >= 0.3 is 11.8 Å². The second-order valence-electron chi connectivity index (χ2n) is 4.31. The molecule has 1 fully saturated rings. The third-order valence-electron chi connectivity index (χ3n) is 1.90. The second kappa shape index (κ2) is 4.58. The van der Waals surface area contributed by atoms with Crippen LogP contribution in [0.2, 0.25) is 0 Å². The highest BCUT2D eigenvalue weighted by Crippen LogP contribution is 2.05. The molecule has 0 saturated carbocycles. The van der Waals surface area contributed by atoms with Crippen LogP contribution in [0.1, 0.15) is 6.92 Å². The second-order valence-corrected chi connectivity index (χ2v) is 4.31. The van der Waals surface area contributed by atoms with Crippen molar-refractivity contribution < 1.29 is 14.7 Å². The summed E-state index contributed by atoms with van der Waals surface area (Å²) in [6.07, 6.45) is 0. The standard InChI is InChI=1S/C9H16N4O3/c1-9(16,5-13(2)3)4-10-8-11-6(14)7(15)12-8/h16H,4-5H2,1-3H3,(H2,10,11,12,14,15). The minimum absolute atomic E-state index is 0.0917. The number of hydrogen-bond acceptors (Lipinski definition) is 5. The fourth-order valence-corrected chi connectivity index (χ4v) is 1.42. The first kappa shape index (κ1) is 12.6. The van der Waals surface area contributed by atoms with Crippen molar-refractivity contribution in [3.8, 4) is 0 Å². The summed E-state index contributed by atoms with van der Waals surface area (Å²) in [6, 6.07) is 0. The number of aliphatic hydroxyl groups is 1. The Morgan fingerprint density at radius 1 is 1.31 bits per heavy atom. The third-order valence-corrected chi connectivity index (χ3v) is 1.90. The molecule has 0 aliphatic carbocycles. The van der Waals surface area contributed by atoms with Gasteiger partial charge in [-0.25, -0.2) is 4.99 Å². The number of carbonyl (C=O) groups excluding carboxylic acids is 2. The molecule has 1 heterocycles. The molecule has 1 aliphatic rings. The van der Waals surface area contributed by atoms with E-state index in [1.807, 2.05) is 19.0 Å². The van der Waals surface area contributed by atoms with Gasteiger partial charge in [0.2, 0.25) is 5.96 Å². The number of amides is 2. The Kier molecular flexibility index (Phi) is 3.61. The number of guanidine groups is 1. The monoisotopic (exact) mass is 228 g/mol. The first-order valence-corrected chi connectivity index (χ1v) is 4.84. The van der Waals surface area contributed by atoms with Crippen LogP contribution in [-0.2, 0) is 9.59 Å². The zero-order valence-corrected chi connectivity index (χ0v) is 9.57. The van der Waals surface area contributed by atoms with Gasteiger partial charge in [-0.2, -0.15) is 0 Å². The van der Waals surface area contributed by atoms with Crippen LogP contribution in [0, 0.1) is 0 Å². The summed E-state index contributed by atoms with van der Waals surface area (Å²) in [5, 5.41) is 14.4. The van der Waals surface area contributed by atoms with Crippen LogP contribution in [0.4, 0.5) is 0 Å². The van der Waals surface area contributed by atoms with Crippen molar-refractivity contribution in [2.75, 3.05) is 27.2 Å². The number of aliphatic imine (C=N–C) groups is 1. The van der Waals surface area contributed by atoms with Crippen LogP contribution in [0.15, 0.2) is 4.99 Å². The Bertz CT molecular complexity index is 318. The average Bonchev–Trinajstić information content (AvgIpc) is 2.41. The van der Waals surface area contributed by atoms with Crippen molar-refractivity contribution in [1.82, 2.24) is 15.5 Å². The number of nitrogens with zero attached hydrogens (tertiary/aromatic N) is 2. The van der Waals surface area contributed by atoms with Crippen LogP contribution >= 0.6 is 0 Å². The molecule has 3 N–H and O–H groups in total. The Labute approximate surface area is 93.5 Å². The topological polar surface area (TPSA) is 94.0 Å². The minimum Gasteiger partial charge on any atom is -0.387 e. The van der Waals surface area contributed by atoms with Crippen molar-refractivity contribution in [3.63, 3.8) is 0 Å². The van der Waals surface area contributed by atoms with E-state index in [1.54, 1.807) is 6.92 Å². The van der Waals surface area contributed by atoms with Crippen molar-refractivity contribution in [3.05, 3.63) is 0 Å². The molecule has 7 heteroatoms. The molecular formula is C9H16N4O3. The predicted octanol–water partition coefficient (Wildman–Crippen LogP) is -2.10. The Morgan fingerprint density at radius 2 is 1.81 bits per heavy atom. The van der Waals surface area contributed by atoms with Gasteiger partial charge in [-0.1, -0.05) is 0 Å². The molecule has 0 aromatic rings. The van der Waals surface area contributed by atoms with Crippen molar-refractivity contribution in [2.45, 2.75) is 12.5 Å². The molecule has 1 unspecified atom stereocenters. The normalized spacial score (nSPS) is 19.4. The van der Waals surface area contributed by atoms with E-state index in [0.29, 0.717) is 6.54 Å². The van der Waals surface area contributed by atoms with Gasteiger partial charge in [-0.15, -0.1) is 0 Å². The molecule has 0 aromatic carbocycles. The maximum atomic E-state index is 10.8. The summed E-state index contributed by atoms with van der Waals surface area (Å²) in [7, 11) is 3.67. The zero-order chi connectivity index (χ0) is 12.3. The van der Waals surface area contributed by atoms with Gasteiger partial charge in [-0.05, 0) is 21.0 Å². The van der Waals surface area contributed by atoms with Crippen LogP contribution < -0.4 is 10.6 Å². The molecule has 0 aromatic heterocycles. The van der Waals surface area contributed by atoms with E-state index in [0.717, 1.165) is 0 Å². The SMILES string of the molecule is CN(C)CC(C)(O)CN=C1NC(=O)C(=O)N1. The fourth-order valence-electron chi connectivity index (χ4n) is 1.42. The molecule has 0 spiro atoms. The van der Waals surface area contributed by atoms with E-state index in [9.17, 15) is 14.7 Å². The number of likely N-dealkylation sites (N-methyl/N-ethyl adjacent to an activating group) is 1. The van der Waals surface area contributed by atoms with Crippen LogP contribution in [0.5, 0.6) is 0 Å². The molecule has 1 rings (SSSR count). The van der Waals surface area contributed by atoms with Gasteiger partial charge in [-0.3, -0.25) is 20.2 Å². The van der Waals surface area contributed by atoms with Gasteiger partial charge in [0.1, 0.15) is 0 Å². The Morgan fingerprint density at radius 3 is 2.25 bits per heavy atom. The maximum Gasteiger partial charge on any atom is 0.316 e. The summed E-state index contributed by atoms with van der Waals surface area (Å²) in [6.45, 7) is 2.17. The quantitative estimate of drug-likeness (QED) is 0.480. The summed E-state index contributed by atoms with van der Waals surface area (Å²) in [5.74, 6) is -1.37. The number of nitrogens with one attached hydrogen (secondary N) is 2. The number of rotatable bonds is 4. The highest BCUT2D eigenvalue weighted by atomic mass is 16.3. The van der Waals surface area contributed by atoms with Gasteiger partial charge in [0.05, 0.1) is 12.1 Å². The van der Waals surface area contributed by atoms with Gasteiger partial charge in [0.15, 0.2) is 0 Å². The molecular weight excluding hydrogens is 212 g/mol. The smallest absolute Gasteiger partial charge is 0.316 e. The molecule has 0 radical (unpaired) electrons. The average molecular weight is 228 g/mol. The van der Waals surface area contributed by atoms with E-state index in [4.69, 9.17) is 0 Å². The minimum atomic E-state index is -1.01. The van der Waals surface area contributed by atoms with Gasteiger partial charge in [0, 0.05) is 6.54 Å². The molecule has 90 valence electrons. The van der Waals surface area contributed by atoms with E-state index >= 15 is 0 Å². The molecule has 1 aliphatic heterocycles. The van der Waals surface area contributed by atoms with E-state index in [2.05, 4.69) is 15.6 Å². The number of carbonyl (C=O) groups is 2. The largest absolute Gasteiger partial charge is 0.387 e. The summed E-state index contributed by atoms with van der Waals surface area (Å²) in [4.78, 5) is 27.4. The highest BCUT2D eigenvalue weighted by molar-refractivity contribution is 6.45. The molecule has 1 saturated heterocycles. The van der Waals surface area contributed by atoms with E-state index in [1.165, 1.54) is 0 Å². The molecule has 16 heavy (non-hydrogen) atoms. The molecule has 0 bridgehead atoms. The lowest BCUT2D eigenvalue weighted by atomic mass is 10.1. The summed E-state index contributed by atoms with van der Waals surface area (Å²) < 4.78 is 0. The fraction of sp³-hybridized carbons (Fsp3) is 0.667. The van der Waals surface area contributed by atoms with Crippen LogP contribution in [0.25, 0.3) is 0 Å². The van der Waals surface area contributed by atoms with Crippen molar-refractivity contribution >= 4 is 17.8 Å². The first-order chi connectivity index (χ1) is 7.30. The summed E-state index contributed by atoms with van der Waals surface area (Å²) >= 11 is 0. The predicted molar refractivity (Wildman–Crippen MR) is 57.8 cm³/mol. The first-order valence-electron chi connectivity index (χ1n) is 4.84. The molecule has 1 atom stereocenters. The lowest BCUT2D eigenvalue weighted by molar-refractivity contribution is -0.135. The maximum absolute atomic E-state index is 10.8. The lowest BCUT2D eigenvalue weighted by Crippen LogP contribution is -2.41. The van der Waals surface area contributed by atoms with Crippen molar-refractivity contribution in [2.24, 2.45) is 4.99 Å². The third kappa shape index (κ3) is 3.59. The van der Waals surface area contributed by atoms with E-state index < -0.39 is 17.4 Å². The molecule has 7 nitrogen and oxygen atoms in total. The Balaban J connectivity index is 2.53. The summed E-state index contributed by atoms with van der Waals surface area (Å²) in [5.41, 5.74) is -1.01.